The summed E-state index contributed by atoms with van der Waals surface area (Å²) < 4.78 is 53.2. The number of rotatable bonds is 9. The quantitative estimate of drug-likeness (QED) is 0.447. The van der Waals surface area contributed by atoms with Crippen LogP contribution in [0.3, 0.4) is 0 Å². The second kappa shape index (κ2) is 11.5. The van der Waals surface area contributed by atoms with Gasteiger partial charge in [0.2, 0.25) is 11.8 Å². The Morgan fingerprint density at radius 1 is 0.974 bits per heavy atom. The van der Waals surface area contributed by atoms with Crippen molar-refractivity contribution in [3.05, 3.63) is 84.2 Å². The van der Waals surface area contributed by atoms with Gasteiger partial charge in [0.05, 0.1) is 10.6 Å². The molecule has 0 saturated carbocycles. The number of hydrogen-bond acceptors (Lipinski definition) is 6. The summed E-state index contributed by atoms with van der Waals surface area (Å²) in [5, 5.41) is 2.52. The summed E-state index contributed by atoms with van der Waals surface area (Å²) in [6.45, 7) is 1.58. The van der Waals surface area contributed by atoms with Crippen molar-refractivity contribution < 1.29 is 31.9 Å². The fourth-order valence-corrected chi connectivity index (χ4v) is 5.44. The summed E-state index contributed by atoms with van der Waals surface area (Å²) >= 11 is 0. The minimum absolute atomic E-state index is 0.00729. The van der Waals surface area contributed by atoms with Crippen molar-refractivity contribution in [2.24, 2.45) is 0 Å². The van der Waals surface area contributed by atoms with Crippen molar-refractivity contribution in [3.8, 4) is 11.5 Å². The Hall–Kier alpha value is -4.12. The summed E-state index contributed by atoms with van der Waals surface area (Å²) in [4.78, 5) is 27.5. The molecule has 1 atom stereocenters. The second-order valence-electron chi connectivity index (χ2n) is 8.59. The van der Waals surface area contributed by atoms with Gasteiger partial charge in [0.15, 0.2) is 11.5 Å². The maximum absolute atomic E-state index is 13.8. The van der Waals surface area contributed by atoms with Gasteiger partial charge in [0.25, 0.3) is 10.0 Å². The number of nitrogens with one attached hydrogen (secondary N) is 1. The molecule has 0 spiro atoms. The van der Waals surface area contributed by atoms with Crippen molar-refractivity contribution in [2.45, 2.75) is 24.4 Å². The van der Waals surface area contributed by atoms with Crippen molar-refractivity contribution in [3.63, 3.8) is 0 Å². The largest absolute Gasteiger partial charge is 0.486 e. The highest BCUT2D eigenvalue weighted by Crippen LogP contribution is 2.36. The number of fused-ring (bicyclic) bond motifs is 1. The number of sulfonamides is 1. The van der Waals surface area contributed by atoms with E-state index in [2.05, 4.69) is 5.32 Å². The number of carbonyl (C=O) groups is 2. The molecule has 3 aromatic rings. The number of benzene rings is 3. The first kappa shape index (κ1) is 26.9. The first-order valence-corrected chi connectivity index (χ1v) is 13.4. The van der Waals surface area contributed by atoms with Gasteiger partial charge in [0, 0.05) is 19.7 Å². The number of amides is 2. The lowest BCUT2D eigenvalue weighted by atomic mass is 10.1. The fourth-order valence-electron chi connectivity index (χ4n) is 4.01. The van der Waals surface area contributed by atoms with Crippen LogP contribution in [-0.2, 0) is 26.2 Å². The van der Waals surface area contributed by atoms with E-state index >= 15 is 0 Å². The molecule has 0 saturated heterocycles. The molecule has 1 unspecified atom stereocenters. The number of anilines is 1. The highest BCUT2D eigenvalue weighted by Gasteiger charge is 2.33. The molecular weight excluding hydrogens is 513 g/mol. The molecule has 1 aliphatic heterocycles. The van der Waals surface area contributed by atoms with Gasteiger partial charge < -0.3 is 19.7 Å². The van der Waals surface area contributed by atoms with Gasteiger partial charge in [-0.1, -0.05) is 30.3 Å². The molecule has 0 radical (unpaired) electrons. The molecule has 200 valence electrons. The van der Waals surface area contributed by atoms with Crippen LogP contribution in [-0.4, -0.2) is 58.0 Å². The number of ether oxygens (including phenoxy) is 2. The third-order valence-electron chi connectivity index (χ3n) is 6.10. The van der Waals surface area contributed by atoms with Crippen LogP contribution in [0.5, 0.6) is 11.5 Å². The summed E-state index contributed by atoms with van der Waals surface area (Å²) in [5.41, 5.74) is 0.771. The lowest BCUT2D eigenvalue weighted by Crippen LogP contribution is -2.50. The molecule has 1 heterocycles. The number of halogens is 1. The van der Waals surface area contributed by atoms with Crippen molar-refractivity contribution in [1.82, 2.24) is 10.2 Å². The zero-order chi connectivity index (χ0) is 27.3. The van der Waals surface area contributed by atoms with Gasteiger partial charge in [0.1, 0.15) is 31.6 Å². The Labute approximate surface area is 220 Å². The Bertz CT molecular complexity index is 1400. The van der Waals surface area contributed by atoms with E-state index in [4.69, 9.17) is 9.47 Å². The highest BCUT2D eigenvalue weighted by molar-refractivity contribution is 7.92. The maximum atomic E-state index is 13.8. The third-order valence-corrected chi connectivity index (χ3v) is 7.89. The zero-order valence-corrected chi connectivity index (χ0v) is 21.8. The topological polar surface area (TPSA) is 105 Å². The van der Waals surface area contributed by atoms with E-state index in [1.807, 2.05) is 0 Å². The van der Waals surface area contributed by atoms with E-state index in [0.29, 0.717) is 30.3 Å². The van der Waals surface area contributed by atoms with Crippen LogP contribution < -0.4 is 19.1 Å². The maximum Gasteiger partial charge on any atom is 0.264 e. The van der Waals surface area contributed by atoms with Crippen LogP contribution in [0.4, 0.5) is 10.1 Å². The molecular formula is C27H28FN3O6S. The third kappa shape index (κ3) is 5.88. The zero-order valence-electron chi connectivity index (χ0n) is 21.0. The Morgan fingerprint density at radius 2 is 1.63 bits per heavy atom. The van der Waals surface area contributed by atoms with E-state index in [1.54, 1.807) is 31.2 Å². The van der Waals surface area contributed by atoms with Gasteiger partial charge >= 0.3 is 0 Å². The predicted molar refractivity (Wildman–Crippen MR) is 139 cm³/mol. The van der Waals surface area contributed by atoms with Crippen molar-refractivity contribution in [2.75, 3.05) is 31.1 Å². The molecule has 1 N–H and O–H groups in total. The SMILES string of the molecule is CNC(=O)C(C)N(Cc1ccc(F)cc1)C(=O)CN(c1ccc2c(c1)OCCO2)S(=O)(=O)c1ccccc1. The van der Waals surface area contributed by atoms with Gasteiger partial charge in [-0.2, -0.15) is 0 Å². The molecule has 4 rings (SSSR count). The number of hydrogen-bond donors (Lipinski definition) is 1. The van der Waals surface area contributed by atoms with Gasteiger partial charge in [-0.05, 0) is 48.9 Å². The minimum atomic E-state index is -4.20. The molecule has 3 aromatic carbocycles. The lowest BCUT2D eigenvalue weighted by molar-refractivity contribution is -0.139. The Kier molecular flexibility index (Phi) is 8.16. The molecule has 0 bridgehead atoms. The number of carbonyl (C=O) groups excluding carboxylic acids is 2. The monoisotopic (exact) mass is 541 g/mol. The predicted octanol–water partition coefficient (Wildman–Crippen LogP) is 2.96. The van der Waals surface area contributed by atoms with Crippen LogP contribution in [0.15, 0.2) is 77.7 Å². The Balaban J connectivity index is 1.73. The van der Waals surface area contributed by atoms with Gasteiger partial charge in [-0.25, -0.2) is 12.8 Å². The molecule has 2 amide bonds. The number of likely N-dealkylation sites (N-methyl/N-ethyl adjacent to an activating group) is 1. The average molecular weight is 542 g/mol. The normalized spacial score (nSPS) is 13.3. The smallest absolute Gasteiger partial charge is 0.264 e. The summed E-state index contributed by atoms with van der Waals surface area (Å²) in [5.74, 6) is -0.673. The average Bonchev–Trinajstić information content (AvgIpc) is 2.94. The molecule has 11 heteroatoms. The summed E-state index contributed by atoms with van der Waals surface area (Å²) in [6, 6.07) is 17.0. The van der Waals surface area contributed by atoms with Crippen molar-refractivity contribution in [1.29, 1.82) is 0 Å². The van der Waals surface area contributed by atoms with Crippen LogP contribution in [0.2, 0.25) is 0 Å². The van der Waals surface area contributed by atoms with E-state index < -0.39 is 40.2 Å². The van der Waals surface area contributed by atoms with Gasteiger partial charge in [-0.3, -0.25) is 13.9 Å². The summed E-state index contributed by atoms with van der Waals surface area (Å²) in [7, 11) is -2.75. The van der Waals surface area contributed by atoms with E-state index in [9.17, 15) is 22.4 Å². The van der Waals surface area contributed by atoms with Crippen LogP contribution in [0, 0.1) is 5.82 Å². The summed E-state index contributed by atoms with van der Waals surface area (Å²) in [6.07, 6.45) is 0. The Morgan fingerprint density at radius 3 is 2.29 bits per heavy atom. The first-order chi connectivity index (χ1) is 18.2. The highest BCUT2D eigenvalue weighted by atomic mass is 32.2. The number of nitrogens with zero attached hydrogens (tertiary/aromatic N) is 2. The molecule has 0 fully saturated rings. The van der Waals surface area contributed by atoms with Crippen LogP contribution >= 0.6 is 0 Å². The fraction of sp³-hybridized carbons (Fsp3) is 0.259. The minimum Gasteiger partial charge on any atom is -0.486 e. The first-order valence-electron chi connectivity index (χ1n) is 11.9. The second-order valence-corrected chi connectivity index (χ2v) is 10.5. The van der Waals surface area contributed by atoms with Crippen molar-refractivity contribution >= 4 is 27.5 Å². The van der Waals surface area contributed by atoms with E-state index in [-0.39, 0.29) is 17.1 Å². The molecule has 1 aliphatic rings. The van der Waals surface area contributed by atoms with E-state index in [0.717, 1.165) is 4.31 Å². The van der Waals surface area contributed by atoms with E-state index in [1.165, 1.54) is 60.5 Å². The van der Waals surface area contributed by atoms with Gasteiger partial charge in [-0.15, -0.1) is 0 Å². The lowest BCUT2D eigenvalue weighted by Gasteiger charge is -2.32. The molecule has 0 aromatic heterocycles. The molecule has 9 nitrogen and oxygen atoms in total. The standard InChI is InChI=1S/C27H28FN3O6S/c1-19(27(33)29-2)30(17-20-8-10-21(28)11-9-20)26(32)18-31(38(34,35)23-6-4-3-5-7-23)22-12-13-24-25(16-22)37-15-14-36-24/h3-13,16,19H,14-15,17-18H2,1-2H3,(H,29,33). The van der Waals surface area contributed by atoms with Crippen LogP contribution in [0.25, 0.3) is 0 Å². The van der Waals surface area contributed by atoms with Crippen LogP contribution in [0.1, 0.15) is 12.5 Å². The molecule has 38 heavy (non-hydrogen) atoms. The molecule has 0 aliphatic carbocycles.